The van der Waals surface area contributed by atoms with E-state index < -0.39 is 0 Å². The zero-order valence-electron chi connectivity index (χ0n) is 10.5. The summed E-state index contributed by atoms with van der Waals surface area (Å²) < 4.78 is 10.8. The molecule has 4 nitrogen and oxygen atoms in total. The minimum Gasteiger partial charge on any atom is -0.508 e. The molecular weight excluding hydrogens is 242 g/mol. The van der Waals surface area contributed by atoms with Crippen LogP contribution in [0.3, 0.4) is 0 Å². The number of rotatable bonds is 4. The van der Waals surface area contributed by atoms with Crippen molar-refractivity contribution >= 4 is 0 Å². The Morgan fingerprint density at radius 2 is 2.05 bits per heavy atom. The molecule has 0 unspecified atom stereocenters. The van der Waals surface area contributed by atoms with E-state index in [1.165, 1.54) is 6.07 Å². The molecule has 0 heterocycles. The fraction of sp³-hybridized carbons (Fsp3) is 0.133. The third-order valence-corrected chi connectivity index (χ3v) is 2.62. The molecule has 4 heteroatoms. The Morgan fingerprint density at radius 1 is 1.21 bits per heavy atom. The first-order chi connectivity index (χ1) is 9.22. The van der Waals surface area contributed by atoms with Crippen molar-refractivity contribution in [3.63, 3.8) is 0 Å². The van der Waals surface area contributed by atoms with Gasteiger partial charge in [-0.05, 0) is 30.3 Å². The van der Waals surface area contributed by atoms with Crippen LogP contribution in [-0.4, -0.2) is 12.2 Å². The summed E-state index contributed by atoms with van der Waals surface area (Å²) in [4.78, 5) is 0. The molecule has 0 saturated carbocycles. The van der Waals surface area contributed by atoms with Crippen molar-refractivity contribution in [1.29, 1.82) is 5.26 Å². The van der Waals surface area contributed by atoms with Gasteiger partial charge in [-0.2, -0.15) is 5.26 Å². The molecule has 0 fully saturated rings. The van der Waals surface area contributed by atoms with Gasteiger partial charge in [0.15, 0.2) is 0 Å². The van der Waals surface area contributed by atoms with Crippen LogP contribution >= 0.6 is 0 Å². The summed E-state index contributed by atoms with van der Waals surface area (Å²) in [6.07, 6.45) is 0. The first-order valence-corrected chi connectivity index (χ1v) is 5.72. The maximum atomic E-state index is 9.35. The molecule has 0 bridgehead atoms. The monoisotopic (exact) mass is 255 g/mol. The summed E-state index contributed by atoms with van der Waals surface area (Å²) in [6, 6.07) is 13.8. The van der Waals surface area contributed by atoms with E-state index in [2.05, 4.69) is 6.07 Å². The molecule has 1 N–H and O–H groups in total. The van der Waals surface area contributed by atoms with Crippen LogP contribution < -0.4 is 9.47 Å². The number of phenols is 1. The molecule has 0 atom stereocenters. The van der Waals surface area contributed by atoms with Crippen LogP contribution in [0.4, 0.5) is 0 Å². The minimum absolute atomic E-state index is 0.148. The topological polar surface area (TPSA) is 62.5 Å². The molecule has 2 aromatic carbocycles. The van der Waals surface area contributed by atoms with Gasteiger partial charge in [-0.1, -0.05) is 6.07 Å². The number of phenolic OH excluding ortho intramolecular Hbond substituents is 1. The van der Waals surface area contributed by atoms with Gasteiger partial charge in [0.2, 0.25) is 0 Å². The molecule has 0 amide bonds. The largest absolute Gasteiger partial charge is 0.508 e. The van der Waals surface area contributed by atoms with E-state index in [-0.39, 0.29) is 12.4 Å². The molecule has 2 aromatic rings. The van der Waals surface area contributed by atoms with Crippen LogP contribution in [0, 0.1) is 11.3 Å². The highest BCUT2D eigenvalue weighted by Crippen LogP contribution is 2.23. The van der Waals surface area contributed by atoms with Crippen molar-refractivity contribution in [2.75, 3.05) is 7.11 Å². The molecule has 0 aliphatic carbocycles. The Kier molecular flexibility index (Phi) is 3.89. The number of nitriles is 1. The molecule has 0 saturated heterocycles. The highest BCUT2D eigenvalue weighted by Gasteiger charge is 2.06. The van der Waals surface area contributed by atoms with Gasteiger partial charge in [0.05, 0.1) is 18.7 Å². The lowest BCUT2D eigenvalue weighted by atomic mass is 10.1. The molecule has 96 valence electrons. The lowest BCUT2D eigenvalue weighted by Crippen LogP contribution is -1.99. The summed E-state index contributed by atoms with van der Waals surface area (Å²) in [7, 11) is 1.57. The second-order valence-electron chi connectivity index (χ2n) is 3.92. The molecule has 0 spiro atoms. The van der Waals surface area contributed by atoms with Gasteiger partial charge in [0, 0.05) is 11.6 Å². The number of methoxy groups -OCH3 is 1. The second kappa shape index (κ2) is 5.78. The number of nitrogens with zero attached hydrogens (tertiary/aromatic N) is 1. The fourth-order valence-corrected chi connectivity index (χ4v) is 1.70. The Bertz CT molecular complexity index is 617. The summed E-state index contributed by atoms with van der Waals surface area (Å²) in [6.45, 7) is 0.266. The summed E-state index contributed by atoms with van der Waals surface area (Å²) >= 11 is 0. The van der Waals surface area contributed by atoms with Crippen molar-refractivity contribution in [3.05, 3.63) is 53.6 Å². The van der Waals surface area contributed by atoms with E-state index >= 15 is 0 Å². The lowest BCUT2D eigenvalue weighted by Gasteiger charge is -2.10. The Morgan fingerprint density at radius 3 is 2.74 bits per heavy atom. The number of hydrogen-bond donors (Lipinski definition) is 1. The van der Waals surface area contributed by atoms with Crippen molar-refractivity contribution in [2.24, 2.45) is 0 Å². The van der Waals surface area contributed by atoms with E-state index in [4.69, 9.17) is 14.7 Å². The molecule has 0 aliphatic heterocycles. The molecular formula is C15H13NO3. The van der Waals surface area contributed by atoms with Gasteiger partial charge in [-0.15, -0.1) is 0 Å². The Balaban J connectivity index is 2.16. The van der Waals surface area contributed by atoms with Gasteiger partial charge in [-0.3, -0.25) is 0 Å². The van der Waals surface area contributed by atoms with E-state index in [1.807, 2.05) is 0 Å². The van der Waals surface area contributed by atoms with Crippen LogP contribution in [0.25, 0.3) is 0 Å². The molecule has 19 heavy (non-hydrogen) atoms. The molecule has 0 radical (unpaired) electrons. The smallest absolute Gasteiger partial charge is 0.125 e. The Hall–Kier alpha value is -2.67. The third-order valence-electron chi connectivity index (χ3n) is 2.62. The van der Waals surface area contributed by atoms with Gasteiger partial charge in [0.1, 0.15) is 23.9 Å². The van der Waals surface area contributed by atoms with E-state index in [0.29, 0.717) is 17.1 Å². The second-order valence-corrected chi connectivity index (χ2v) is 3.92. The average Bonchev–Trinajstić information content (AvgIpc) is 2.45. The lowest BCUT2D eigenvalue weighted by molar-refractivity contribution is 0.295. The summed E-state index contributed by atoms with van der Waals surface area (Å²) in [5.74, 6) is 1.37. The van der Waals surface area contributed by atoms with Gasteiger partial charge < -0.3 is 14.6 Å². The number of hydrogen-bond acceptors (Lipinski definition) is 4. The SMILES string of the molecule is COc1ccc(C#N)cc1COc1cccc(O)c1. The normalized spacial score (nSPS) is 9.68. The zero-order chi connectivity index (χ0) is 13.7. The first-order valence-electron chi connectivity index (χ1n) is 5.72. The summed E-state index contributed by atoms with van der Waals surface area (Å²) in [5, 5.41) is 18.2. The first kappa shape index (κ1) is 12.8. The third kappa shape index (κ3) is 3.17. The maximum Gasteiger partial charge on any atom is 0.125 e. The van der Waals surface area contributed by atoms with Crippen LogP contribution in [0.1, 0.15) is 11.1 Å². The van der Waals surface area contributed by atoms with Crippen LogP contribution in [0.5, 0.6) is 17.2 Å². The predicted molar refractivity (Wildman–Crippen MR) is 70.1 cm³/mol. The van der Waals surface area contributed by atoms with E-state index in [0.717, 1.165) is 5.56 Å². The van der Waals surface area contributed by atoms with Crippen LogP contribution in [0.2, 0.25) is 0 Å². The van der Waals surface area contributed by atoms with Crippen molar-refractivity contribution in [1.82, 2.24) is 0 Å². The van der Waals surface area contributed by atoms with Crippen molar-refractivity contribution in [3.8, 4) is 23.3 Å². The van der Waals surface area contributed by atoms with Gasteiger partial charge in [0.25, 0.3) is 0 Å². The van der Waals surface area contributed by atoms with Crippen molar-refractivity contribution in [2.45, 2.75) is 6.61 Å². The molecule has 2 rings (SSSR count). The molecule has 0 aliphatic rings. The Labute approximate surface area is 111 Å². The average molecular weight is 255 g/mol. The highest BCUT2D eigenvalue weighted by atomic mass is 16.5. The standard InChI is InChI=1S/C15H13NO3/c1-18-15-6-5-11(9-16)7-12(15)10-19-14-4-2-3-13(17)8-14/h2-8,17H,10H2,1H3. The number of ether oxygens (including phenoxy) is 2. The van der Waals surface area contributed by atoms with Crippen LogP contribution in [0.15, 0.2) is 42.5 Å². The minimum atomic E-state index is 0.148. The predicted octanol–water partition coefficient (Wildman–Crippen LogP) is 2.85. The maximum absolute atomic E-state index is 9.35. The van der Waals surface area contributed by atoms with Crippen molar-refractivity contribution < 1.29 is 14.6 Å². The summed E-state index contributed by atoms with van der Waals surface area (Å²) in [5.41, 5.74) is 1.33. The van der Waals surface area contributed by atoms with Crippen LogP contribution in [-0.2, 0) is 6.61 Å². The van der Waals surface area contributed by atoms with Gasteiger partial charge in [-0.25, -0.2) is 0 Å². The number of benzene rings is 2. The number of aromatic hydroxyl groups is 1. The highest BCUT2D eigenvalue weighted by molar-refractivity contribution is 5.42. The molecule has 0 aromatic heterocycles. The van der Waals surface area contributed by atoms with Gasteiger partial charge >= 0.3 is 0 Å². The van der Waals surface area contributed by atoms with E-state index in [9.17, 15) is 5.11 Å². The fourth-order valence-electron chi connectivity index (χ4n) is 1.70. The van der Waals surface area contributed by atoms with E-state index in [1.54, 1.807) is 43.5 Å². The quantitative estimate of drug-likeness (QED) is 0.912. The zero-order valence-corrected chi connectivity index (χ0v) is 10.5.